The molecule has 1 amide bonds. The molecule has 0 saturated carbocycles. The molecule has 1 N–H and O–H groups in total. The lowest BCUT2D eigenvalue weighted by molar-refractivity contribution is 0.0117. The maximum Gasteiger partial charge on any atom is 0.410 e. The minimum atomic E-state index is -0.485. The Labute approximate surface area is 131 Å². The number of rotatable bonds is 1. The molecule has 21 heavy (non-hydrogen) atoms. The van der Waals surface area contributed by atoms with Gasteiger partial charge >= 0.3 is 6.09 Å². The normalized spacial score (nSPS) is 19.5. The summed E-state index contributed by atoms with van der Waals surface area (Å²) in [5.74, 6) is 0. The van der Waals surface area contributed by atoms with Crippen molar-refractivity contribution in [3.05, 3.63) is 34.3 Å². The molecule has 1 aromatic rings. The van der Waals surface area contributed by atoms with Gasteiger partial charge in [-0.15, -0.1) is 0 Å². The van der Waals surface area contributed by atoms with E-state index < -0.39 is 5.60 Å². The van der Waals surface area contributed by atoms with Gasteiger partial charge in [0.25, 0.3) is 0 Å². The molecule has 1 aliphatic heterocycles. The first-order valence-corrected chi connectivity index (χ1v) is 7.62. The van der Waals surface area contributed by atoms with Gasteiger partial charge in [0, 0.05) is 24.7 Å². The second-order valence-corrected chi connectivity index (χ2v) is 6.83. The number of ether oxygens (including phenoxy) is 1. The number of nitrogens with zero attached hydrogens (tertiary/aromatic N) is 1. The van der Waals surface area contributed by atoms with Crippen LogP contribution in [0.5, 0.6) is 0 Å². The minimum absolute atomic E-state index is 0.0223. The maximum absolute atomic E-state index is 12.4. The molecule has 1 saturated heterocycles. The summed E-state index contributed by atoms with van der Waals surface area (Å²) in [5.41, 5.74) is 1.71. The molecule has 4 nitrogen and oxygen atoms in total. The Kier molecular flexibility index (Phi) is 4.79. The van der Waals surface area contributed by atoms with E-state index in [0.717, 1.165) is 24.2 Å². The van der Waals surface area contributed by atoms with Crippen LogP contribution in [0, 0.1) is 6.92 Å². The Morgan fingerprint density at radius 1 is 1.43 bits per heavy atom. The van der Waals surface area contributed by atoms with Crippen molar-refractivity contribution < 1.29 is 9.53 Å². The van der Waals surface area contributed by atoms with E-state index in [1.165, 1.54) is 0 Å². The van der Waals surface area contributed by atoms with E-state index in [0.29, 0.717) is 11.6 Å². The third kappa shape index (κ3) is 4.11. The number of amides is 1. The molecular weight excluding hydrogens is 288 g/mol. The summed E-state index contributed by atoms with van der Waals surface area (Å²) in [6, 6.07) is 5.77. The standard InChI is InChI=1S/C16H23ClN2O2/c1-11-9-12(17)5-6-13(11)14-10-18-7-8-19(14)15(20)21-16(2,3)4/h5-6,9,14,18H,7-8,10H2,1-4H3. The van der Waals surface area contributed by atoms with Crippen molar-refractivity contribution in [3.63, 3.8) is 0 Å². The van der Waals surface area contributed by atoms with Crippen molar-refractivity contribution in [2.24, 2.45) is 0 Å². The van der Waals surface area contributed by atoms with Gasteiger partial charge in [-0.25, -0.2) is 4.79 Å². The average Bonchev–Trinajstić information content (AvgIpc) is 2.37. The Morgan fingerprint density at radius 2 is 2.14 bits per heavy atom. The van der Waals surface area contributed by atoms with E-state index in [1.54, 1.807) is 4.90 Å². The molecule has 1 heterocycles. The number of benzene rings is 1. The van der Waals surface area contributed by atoms with Crippen LogP contribution in [0.4, 0.5) is 4.79 Å². The Bertz CT molecular complexity index is 525. The van der Waals surface area contributed by atoms with Gasteiger partial charge in [-0.05, 0) is 51.0 Å². The second kappa shape index (κ2) is 6.24. The predicted octanol–water partition coefficient (Wildman–Crippen LogP) is 3.53. The third-order valence-corrected chi connectivity index (χ3v) is 3.70. The highest BCUT2D eigenvalue weighted by Crippen LogP contribution is 2.28. The van der Waals surface area contributed by atoms with Crippen molar-refractivity contribution in [2.45, 2.75) is 39.3 Å². The van der Waals surface area contributed by atoms with Gasteiger partial charge in [-0.1, -0.05) is 17.7 Å². The zero-order valence-electron chi connectivity index (χ0n) is 13.1. The maximum atomic E-state index is 12.4. The number of nitrogens with one attached hydrogen (secondary N) is 1. The molecular formula is C16H23ClN2O2. The molecule has 2 rings (SSSR count). The van der Waals surface area contributed by atoms with Gasteiger partial charge < -0.3 is 10.1 Å². The smallest absolute Gasteiger partial charge is 0.410 e. The Hall–Kier alpha value is -1.26. The first kappa shape index (κ1) is 16.1. The van der Waals surface area contributed by atoms with Crippen LogP contribution in [-0.4, -0.2) is 36.2 Å². The van der Waals surface area contributed by atoms with Crippen LogP contribution in [0.2, 0.25) is 5.02 Å². The van der Waals surface area contributed by atoms with Crippen molar-refractivity contribution >= 4 is 17.7 Å². The molecule has 0 spiro atoms. The molecule has 1 aromatic carbocycles. The SMILES string of the molecule is Cc1cc(Cl)ccc1C1CNCCN1C(=O)OC(C)(C)C. The van der Waals surface area contributed by atoms with Crippen molar-refractivity contribution in [1.29, 1.82) is 0 Å². The van der Waals surface area contributed by atoms with E-state index in [9.17, 15) is 4.79 Å². The molecule has 1 aliphatic rings. The fraction of sp³-hybridized carbons (Fsp3) is 0.562. The lowest BCUT2D eigenvalue weighted by Crippen LogP contribution is -2.50. The molecule has 5 heteroatoms. The summed E-state index contributed by atoms with van der Waals surface area (Å²) in [4.78, 5) is 14.2. The summed E-state index contributed by atoms with van der Waals surface area (Å²) in [7, 11) is 0. The average molecular weight is 311 g/mol. The molecule has 0 radical (unpaired) electrons. The van der Waals surface area contributed by atoms with Crippen LogP contribution in [0.3, 0.4) is 0 Å². The Morgan fingerprint density at radius 3 is 2.76 bits per heavy atom. The summed E-state index contributed by atoms with van der Waals surface area (Å²) in [6.07, 6.45) is -0.261. The Balaban J connectivity index is 2.24. The number of halogens is 1. The number of aryl methyl sites for hydroxylation is 1. The fourth-order valence-electron chi connectivity index (χ4n) is 2.53. The molecule has 0 aromatic heterocycles. The number of piperazine rings is 1. The van der Waals surface area contributed by atoms with Crippen LogP contribution in [0.1, 0.15) is 37.9 Å². The minimum Gasteiger partial charge on any atom is -0.444 e. The van der Waals surface area contributed by atoms with E-state index in [2.05, 4.69) is 5.32 Å². The lowest BCUT2D eigenvalue weighted by atomic mass is 9.99. The zero-order valence-corrected chi connectivity index (χ0v) is 13.8. The van der Waals surface area contributed by atoms with Crippen LogP contribution in [0.25, 0.3) is 0 Å². The number of carbonyl (C=O) groups is 1. The molecule has 1 atom stereocenters. The monoisotopic (exact) mass is 310 g/mol. The van der Waals surface area contributed by atoms with Gasteiger partial charge in [0.15, 0.2) is 0 Å². The fourth-order valence-corrected chi connectivity index (χ4v) is 2.76. The van der Waals surface area contributed by atoms with E-state index in [-0.39, 0.29) is 12.1 Å². The quantitative estimate of drug-likeness (QED) is 0.863. The number of carbonyl (C=O) groups excluding carboxylic acids is 1. The van der Waals surface area contributed by atoms with Crippen LogP contribution in [0.15, 0.2) is 18.2 Å². The predicted molar refractivity (Wildman–Crippen MR) is 84.7 cm³/mol. The van der Waals surface area contributed by atoms with Crippen LogP contribution in [-0.2, 0) is 4.74 Å². The highest BCUT2D eigenvalue weighted by molar-refractivity contribution is 6.30. The van der Waals surface area contributed by atoms with Crippen molar-refractivity contribution in [2.75, 3.05) is 19.6 Å². The third-order valence-electron chi connectivity index (χ3n) is 3.46. The molecule has 116 valence electrons. The molecule has 1 unspecified atom stereocenters. The lowest BCUT2D eigenvalue weighted by Gasteiger charge is -2.38. The van der Waals surface area contributed by atoms with Gasteiger partial charge in [0.2, 0.25) is 0 Å². The highest BCUT2D eigenvalue weighted by Gasteiger charge is 2.32. The van der Waals surface area contributed by atoms with Crippen molar-refractivity contribution in [3.8, 4) is 0 Å². The van der Waals surface area contributed by atoms with Gasteiger partial charge in [-0.2, -0.15) is 0 Å². The molecule has 0 aliphatic carbocycles. The number of hydrogen-bond acceptors (Lipinski definition) is 3. The van der Waals surface area contributed by atoms with E-state index in [4.69, 9.17) is 16.3 Å². The highest BCUT2D eigenvalue weighted by atomic mass is 35.5. The molecule has 1 fully saturated rings. The summed E-state index contributed by atoms with van der Waals surface area (Å²) in [6.45, 7) is 9.82. The topological polar surface area (TPSA) is 41.6 Å². The van der Waals surface area contributed by atoms with E-state index >= 15 is 0 Å². The van der Waals surface area contributed by atoms with E-state index in [1.807, 2.05) is 45.9 Å². The first-order chi connectivity index (χ1) is 9.78. The van der Waals surface area contributed by atoms with Gasteiger partial charge in [0.05, 0.1) is 6.04 Å². The van der Waals surface area contributed by atoms with Crippen molar-refractivity contribution in [1.82, 2.24) is 10.2 Å². The number of hydrogen-bond donors (Lipinski definition) is 1. The summed E-state index contributed by atoms with van der Waals surface area (Å²) in [5, 5.41) is 4.05. The largest absolute Gasteiger partial charge is 0.444 e. The van der Waals surface area contributed by atoms with Gasteiger partial charge in [-0.3, -0.25) is 4.90 Å². The summed E-state index contributed by atoms with van der Waals surface area (Å²) >= 11 is 6.02. The second-order valence-electron chi connectivity index (χ2n) is 6.39. The first-order valence-electron chi connectivity index (χ1n) is 7.24. The zero-order chi connectivity index (χ0) is 15.6. The molecule has 0 bridgehead atoms. The van der Waals surface area contributed by atoms with Crippen LogP contribution >= 0.6 is 11.6 Å². The van der Waals surface area contributed by atoms with Gasteiger partial charge in [0.1, 0.15) is 5.60 Å². The van der Waals surface area contributed by atoms with Crippen LogP contribution < -0.4 is 5.32 Å². The summed E-state index contributed by atoms with van der Waals surface area (Å²) < 4.78 is 5.53.